The average Bonchev–Trinajstić information content (AvgIpc) is 2.71. The number of carbonyl (C=O) groups excluding carboxylic acids is 1. The first-order valence-corrected chi connectivity index (χ1v) is 10.8. The van der Waals surface area contributed by atoms with E-state index < -0.39 is 5.54 Å². The number of piperidine rings is 2. The summed E-state index contributed by atoms with van der Waals surface area (Å²) in [5.74, 6) is 0.151. The number of benzene rings is 1. The molecule has 146 valence electrons. The maximum absolute atomic E-state index is 12.8. The number of rotatable bonds is 1. The van der Waals surface area contributed by atoms with Crippen molar-refractivity contribution in [2.45, 2.75) is 62.9 Å². The highest BCUT2D eigenvalue weighted by molar-refractivity contribution is 6.06. The lowest BCUT2D eigenvalue weighted by atomic mass is 9.67. The number of anilines is 2. The van der Waals surface area contributed by atoms with Gasteiger partial charge < -0.3 is 20.9 Å². The van der Waals surface area contributed by atoms with E-state index in [9.17, 15) is 4.79 Å². The van der Waals surface area contributed by atoms with Gasteiger partial charge in [0.25, 0.3) is 0 Å². The van der Waals surface area contributed by atoms with Gasteiger partial charge >= 0.3 is 0 Å². The van der Waals surface area contributed by atoms with Crippen LogP contribution in [0.1, 0.15) is 51.4 Å². The molecule has 0 bridgehead atoms. The first kappa shape index (κ1) is 17.5. The lowest BCUT2D eigenvalue weighted by Crippen LogP contribution is -2.60. The number of amides is 1. The van der Waals surface area contributed by atoms with Crippen LogP contribution in [0.2, 0.25) is 0 Å². The maximum atomic E-state index is 12.8. The van der Waals surface area contributed by atoms with Crippen molar-refractivity contribution in [3.63, 3.8) is 0 Å². The number of hydrogen-bond donors (Lipinski definition) is 3. The molecule has 2 saturated heterocycles. The van der Waals surface area contributed by atoms with Crippen LogP contribution >= 0.6 is 0 Å². The molecule has 0 radical (unpaired) electrons. The Hall–Kier alpha value is -1.59. The highest BCUT2D eigenvalue weighted by atomic mass is 16.2. The molecule has 0 aromatic heterocycles. The molecule has 3 fully saturated rings. The van der Waals surface area contributed by atoms with Crippen LogP contribution in [0.5, 0.6) is 0 Å². The van der Waals surface area contributed by atoms with Crippen LogP contribution < -0.4 is 16.0 Å². The van der Waals surface area contributed by atoms with Crippen molar-refractivity contribution in [2.24, 2.45) is 5.41 Å². The van der Waals surface area contributed by atoms with Crippen LogP contribution in [0.15, 0.2) is 24.3 Å². The van der Waals surface area contributed by atoms with Crippen molar-refractivity contribution in [3.05, 3.63) is 24.3 Å². The molecule has 1 aromatic carbocycles. The standard InChI is InChI=1S/C22H32N4O/c27-20-22(25-19-4-2-1-3-18(19)24-20)11-15-26(16-12-22)17-5-7-21(8-6-17)9-13-23-14-10-21/h1-4,17,23,25H,5-16H2,(H,24,27). The van der Waals surface area contributed by atoms with E-state index in [4.69, 9.17) is 0 Å². The van der Waals surface area contributed by atoms with E-state index in [1.807, 2.05) is 18.2 Å². The van der Waals surface area contributed by atoms with Crippen molar-refractivity contribution in [1.82, 2.24) is 10.2 Å². The Morgan fingerprint density at radius 2 is 1.56 bits per heavy atom. The third-order valence-electron chi connectivity index (χ3n) is 7.83. The fourth-order valence-corrected chi connectivity index (χ4v) is 5.92. The fraction of sp³-hybridized carbons (Fsp3) is 0.682. The molecule has 27 heavy (non-hydrogen) atoms. The molecule has 3 heterocycles. The third-order valence-corrected chi connectivity index (χ3v) is 7.83. The molecular weight excluding hydrogens is 336 g/mol. The molecule has 3 aliphatic heterocycles. The monoisotopic (exact) mass is 368 g/mol. The van der Waals surface area contributed by atoms with Crippen LogP contribution in [-0.4, -0.2) is 48.6 Å². The van der Waals surface area contributed by atoms with Gasteiger partial charge in [-0.3, -0.25) is 4.79 Å². The minimum atomic E-state index is -0.421. The second-order valence-electron chi connectivity index (χ2n) is 9.22. The fourth-order valence-electron chi connectivity index (χ4n) is 5.92. The van der Waals surface area contributed by atoms with E-state index in [2.05, 4.69) is 26.9 Å². The molecule has 1 amide bonds. The second-order valence-corrected chi connectivity index (χ2v) is 9.22. The molecule has 1 saturated carbocycles. The Kier molecular flexibility index (Phi) is 4.40. The summed E-state index contributed by atoms with van der Waals surface area (Å²) in [5, 5.41) is 10.2. The number of nitrogens with one attached hydrogen (secondary N) is 3. The Bertz CT molecular complexity index is 694. The largest absolute Gasteiger partial charge is 0.369 e. The van der Waals surface area contributed by atoms with Crippen molar-refractivity contribution >= 4 is 17.3 Å². The zero-order chi connectivity index (χ0) is 18.3. The van der Waals surface area contributed by atoms with E-state index in [1.165, 1.54) is 51.6 Å². The van der Waals surface area contributed by atoms with Crippen LogP contribution in [0.4, 0.5) is 11.4 Å². The number of likely N-dealkylation sites (tertiary alicyclic amines) is 1. The molecule has 5 nitrogen and oxygen atoms in total. The topological polar surface area (TPSA) is 56.4 Å². The summed E-state index contributed by atoms with van der Waals surface area (Å²) in [6, 6.07) is 8.77. The van der Waals surface area contributed by atoms with Gasteiger partial charge in [0.15, 0.2) is 0 Å². The Morgan fingerprint density at radius 3 is 2.26 bits per heavy atom. The average molecular weight is 369 g/mol. The van der Waals surface area contributed by atoms with Gasteiger partial charge in [0.2, 0.25) is 5.91 Å². The zero-order valence-corrected chi connectivity index (χ0v) is 16.2. The smallest absolute Gasteiger partial charge is 0.250 e. The number of carbonyl (C=O) groups is 1. The quantitative estimate of drug-likeness (QED) is 0.713. The Morgan fingerprint density at radius 1 is 0.889 bits per heavy atom. The molecular formula is C22H32N4O. The molecule has 1 aromatic rings. The zero-order valence-electron chi connectivity index (χ0n) is 16.2. The van der Waals surface area contributed by atoms with Crippen molar-refractivity contribution in [2.75, 3.05) is 36.8 Å². The second kappa shape index (κ2) is 6.78. The van der Waals surface area contributed by atoms with Gasteiger partial charge in [-0.1, -0.05) is 12.1 Å². The molecule has 3 N–H and O–H groups in total. The lowest BCUT2D eigenvalue weighted by molar-refractivity contribution is -0.122. The van der Waals surface area contributed by atoms with Gasteiger partial charge in [-0.15, -0.1) is 0 Å². The van der Waals surface area contributed by atoms with E-state index >= 15 is 0 Å². The summed E-state index contributed by atoms with van der Waals surface area (Å²) in [5.41, 5.74) is 2.19. The van der Waals surface area contributed by atoms with Crippen molar-refractivity contribution in [1.29, 1.82) is 0 Å². The van der Waals surface area contributed by atoms with Crippen LogP contribution in [0, 0.1) is 5.41 Å². The van der Waals surface area contributed by atoms with Gasteiger partial charge in [-0.2, -0.15) is 0 Å². The van der Waals surface area contributed by atoms with E-state index in [0.717, 1.165) is 43.3 Å². The van der Waals surface area contributed by atoms with Crippen LogP contribution in [0.3, 0.4) is 0 Å². The van der Waals surface area contributed by atoms with Crippen molar-refractivity contribution in [3.8, 4) is 0 Å². The summed E-state index contributed by atoms with van der Waals surface area (Å²) in [7, 11) is 0. The molecule has 5 rings (SSSR count). The first-order chi connectivity index (χ1) is 13.2. The third kappa shape index (κ3) is 3.15. The van der Waals surface area contributed by atoms with Gasteiger partial charge in [0.05, 0.1) is 11.4 Å². The number of para-hydroxylation sites is 2. The van der Waals surface area contributed by atoms with Crippen LogP contribution in [0.25, 0.3) is 0 Å². The SMILES string of the molecule is O=C1Nc2ccccc2NC12CCN(C1CCC3(CCNCC3)CC1)CC2. The summed E-state index contributed by atoms with van der Waals surface area (Å²) in [4.78, 5) is 15.5. The van der Waals surface area contributed by atoms with Gasteiger partial charge in [-0.05, 0) is 82.0 Å². The molecule has 0 unspecified atom stereocenters. The molecule has 4 aliphatic rings. The predicted molar refractivity (Wildman–Crippen MR) is 109 cm³/mol. The van der Waals surface area contributed by atoms with Gasteiger partial charge in [0.1, 0.15) is 5.54 Å². The minimum Gasteiger partial charge on any atom is -0.369 e. The summed E-state index contributed by atoms with van der Waals surface area (Å²) in [6.07, 6.45) is 10.0. The lowest BCUT2D eigenvalue weighted by Gasteiger charge is -2.49. The van der Waals surface area contributed by atoms with E-state index in [1.54, 1.807) is 0 Å². The molecule has 2 spiro atoms. The summed E-state index contributed by atoms with van der Waals surface area (Å²) in [6.45, 7) is 4.47. The van der Waals surface area contributed by atoms with Gasteiger partial charge in [-0.25, -0.2) is 0 Å². The molecule has 5 heteroatoms. The normalized spacial score (nSPS) is 27.8. The number of fused-ring (bicyclic) bond motifs is 1. The molecule has 0 atom stereocenters. The van der Waals surface area contributed by atoms with Crippen LogP contribution in [-0.2, 0) is 4.79 Å². The maximum Gasteiger partial charge on any atom is 0.250 e. The summed E-state index contributed by atoms with van der Waals surface area (Å²) < 4.78 is 0. The Balaban J connectivity index is 1.20. The highest BCUT2D eigenvalue weighted by Gasteiger charge is 2.46. The first-order valence-electron chi connectivity index (χ1n) is 10.8. The summed E-state index contributed by atoms with van der Waals surface area (Å²) >= 11 is 0. The molecule has 1 aliphatic carbocycles. The minimum absolute atomic E-state index is 0.151. The number of nitrogens with zero attached hydrogens (tertiary/aromatic N) is 1. The van der Waals surface area contributed by atoms with E-state index in [-0.39, 0.29) is 5.91 Å². The van der Waals surface area contributed by atoms with E-state index in [0.29, 0.717) is 5.41 Å². The van der Waals surface area contributed by atoms with Crippen molar-refractivity contribution < 1.29 is 4.79 Å². The highest BCUT2D eigenvalue weighted by Crippen LogP contribution is 2.45. The number of hydrogen-bond acceptors (Lipinski definition) is 4. The van der Waals surface area contributed by atoms with Gasteiger partial charge in [0, 0.05) is 19.1 Å². The Labute approximate surface area is 162 Å². The predicted octanol–water partition coefficient (Wildman–Crippen LogP) is 3.20.